The minimum Gasteiger partial charge on any atom is -0.341 e. The maximum absolute atomic E-state index is 11.6. The van der Waals surface area contributed by atoms with Gasteiger partial charge < -0.3 is 15.5 Å². The highest BCUT2D eigenvalue weighted by Crippen LogP contribution is 2.19. The third kappa shape index (κ3) is 2.49. The average molecular weight is 211 g/mol. The molecule has 2 atom stereocenters. The van der Waals surface area contributed by atoms with Gasteiger partial charge in [-0.3, -0.25) is 4.79 Å². The Kier molecular flexibility index (Phi) is 3.26. The van der Waals surface area contributed by atoms with E-state index in [2.05, 4.69) is 11.8 Å². The summed E-state index contributed by atoms with van der Waals surface area (Å²) in [7, 11) is 0. The first-order valence-electron chi connectivity index (χ1n) is 5.94. The fraction of sp³-hybridized carbons (Fsp3) is 0.909. The van der Waals surface area contributed by atoms with Crippen LogP contribution in [0.15, 0.2) is 0 Å². The fourth-order valence-electron chi connectivity index (χ4n) is 2.64. The Balaban J connectivity index is 1.80. The first kappa shape index (κ1) is 10.9. The molecule has 0 aromatic heterocycles. The lowest BCUT2D eigenvalue weighted by Crippen LogP contribution is -2.34. The van der Waals surface area contributed by atoms with Gasteiger partial charge in [-0.05, 0) is 25.4 Å². The van der Waals surface area contributed by atoms with Gasteiger partial charge in [-0.1, -0.05) is 6.92 Å². The zero-order valence-electron chi connectivity index (χ0n) is 9.48. The van der Waals surface area contributed by atoms with Crippen LogP contribution in [0.5, 0.6) is 0 Å². The molecule has 0 aliphatic carbocycles. The van der Waals surface area contributed by atoms with Crippen LogP contribution in [0.3, 0.4) is 0 Å². The van der Waals surface area contributed by atoms with Gasteiger partial charge in [-0.2, -0.15) is 0 Å². The van der Waals surface area contributed by atoms with E-state index in [1.165, 1.54) is 13.0 Å². The Morgan fingerprint density at radius 3 is 2.80 bits per heavy atom. The molecule has 0 saturated carbocycles. The summed E-state index contributed by atoms with van der Waals surface area (Å²) in [6, 6.07) is 0.0705. The number of nitrogens with two attached hydrogens (primary N) is 1. The van der Waals surface area contributed by atoms with Crippen LogP contribution in [0.25, 0.3) is 0 Å². The molecule has 2 unspecified atom stereocenters. The van der Waals surface area contributed by atoms with Crippen LogP contribution in [-0.2, 0) is 4.79 Å². The molecule has 0 spiro atoms. The fourth-order valence-corrected chi connectivity index (χ4v) is 2.64. The lowest BCUT2D eigenvalue weighted by atomic mass is 10.1. The van der Waals surface area contributed by atoms with Crippen LogP contribution < -0.4 is 5.73 Å². The van der Waals surface area contributed by atoms with Crippen molar-refractivity contribution < 1.29 is 4.79 Å². The lowest BCUT2D eigenvalue weighted by Gasteiger charge is -2.20. The Labute approximate surface area is 91.4 Å². The molecule has 2 rings (SSSR count). The Morgan fingerprint density at radius 1 is 1.47 bits per heavy atom. The molecule has 2 aliphatic heterocycles. The van der Waals surface area contributed by atoms with Crippen molar-refractivity contribution >= 4 is 5.91 Å². The van der Waals surface area contributed by atoms with Gasteiger partial charge >= 0.3 is 0 Å². The molecule has 2 saturated heterocycles. The number of likely N-dealkylation sites (tertiary alicyclic amines) is 2. The van der Waals surface area contributed by atoms with Crippen LogP contribution in [0.4, 0.5) is 0 Å². The molecule has 1 amide bonds. The molecular formula is C11H21N3O. The summed E-state index contributed by atoms with van der Waals surface area (Å²) in [5.41, 5.74) is 5.77. The lowest BCUT2D eigenvalue weighted by molar-refractivity contribution is -0.128. The van der Waals surface area contributed by atoms with E-state index >= 15 is 0 Å². The topological polar surface area (TPSA) is 49.6 Å². The van der Waals surface area contributed by atoms with Crippen molar-refractivity contribution in [3.05, 3.63) is 0 Å². The van der Waals surface area contributed by atoms with Gasteiger partial charge in [0.05, 0.1) is 0 Å². The van der Waals surface area contributed by atoms with Gasteiger partial charge in [0.1, 0.15) is 0 Å². The molecule has 2 heterocycles. The van der Waals surface area contributed by atoms with E-state index in [1.54, 1.807) is 0 Å². The van der Waals surface area contributed by atoms with E-state index in [9.17, 15) is 4.79 Å². The van der Waals surface area contributed by atoms with Crippen LogP contribution in [-0.4, -0.2) is 54.5 Å². The van der Waals surface area contributed by atoms with Gasteiger partial charge in [-0.15, -0.1) is 0 Å². The largest absolute Gasteiger partial charge is 0.341 e. The van der Waals surface area contributed by atoms with E-state index in [0.717, 1.165) is 26.2 Å². The highest BCUT2D eigenvalue weighted by Gasteiger charge is 2.30. The van der Waals surface area contributed by atoms with Crippen molar-refractivity contribution in [2.24, 2.45) is 11.7 Å². The van der Waals surface area contributed by atoms with Crippen LogP contribution in [0.1, 0.15) is 19.8 Å². The van der Waals surface area contributed by atoms with Gasteiger partial charge in [0.15, 0.2) is 0 Å². The van der Waals surface area contributed by atoms with Gasteiger partial charge in [0.25, 0.3) is 0 Å². The highest BCUT2D eigenvalue weighted by molar-refractivity contribution is 5.79. The second-order valence-corrected chi connectivity index (χ2v) is 4.81. The van der Waals surface area contributed by atoms with E-state index in [0.29, 0.717) is 12.3 Å². The third-order valence-corrected chi connectivity index (χ3v) is 3.54. The van der Waals surface area contributed by atoms with E-state index in [1.807, 2.05) is 4.90 Å². The number of hydrogen-bond acceptors (Lipinski definition) is 3. The normalized spacial score (nSPS) is 32.9. The summed E-state index contributed by atoms with van der Waals surface area (Å²) < 4.78 is 0. The average Bonchev–Trinajstić information content (AvgIpc) is 2.75. The van der Waals surface area contributed by atoms with Gasteiger partial charge in [-0.25, -0.2) is 0 Å². The SMILES string of the molecule is CCN1CCC(CN2CC(N)CC2=O)C1. The first-order valence-corrected chi connectivity index (χ1v) is 5.94. The predicted octanol–water partition coefficient (Wildman–Crippen LogP) is -0.112. The number of hydrogen-bond donors (Lipinski definition) is 1. The third-order valence-electron chi connectivity index (χ3n) is 3.54. The van der Waals surface area contributed by atoms with Crippen molar-refractivity contribution in [2.75, 3.05) is 32.7 Å². The van der Waals surface area contributed by atoms with E-state index < -0.39 is 0 Å². The summed E-state index contributed by atoms with van der Waals surface area (Å²) in [5, 5.41) is 0. The van der Waals surface area contributed by atoms with Gasteiger partial charge in [0, 0.05) is 32.1 Å². The Hall–Kier alpha value is -0.610. The summed E-state index contributed by atoms with van der Waals surface area (Å²) >= 11 is 0. The molecule has 86 valence electrons. The molecule has 0 radical (unpaired) electrons. The molecule has 2 N–H and O–H groups in total. The smallest absolute Gasteiger partial charge is 0.224 e. The molecule has 0 aromatic rings. The standard InChI is InChI=1S/C11H21N3O/c1-2-13-4-3-9(6-13)7-14-8-10(12)5-11(14)15/h9-10H,2-8,12H2,1H3. The minimum atomic E-state index is 0.0705. The molecule has 4 nitrogen and oxygen atoms in total. The molecule has 4 heteroatoms. The zero-order chi connectivity index (χ0) is 10.8. The maximum atomic E-state index is 11.6. The van der Waals surface area contributed by atoms with Crippen LogP contribution >= 0.6 is 0 Å². The maximum Gasteiger partial charge on any atom is 0.224 e. The Bertz CT molecular complexity index is 244. The molecule has 15 heavy (non-hydrogen) atoms. The zero-order valence-corrected chi connectivity index (χ0v) is 9.48. The summed E-state index contributed by atoms with van der Waals surface area (Å²) in [5.74, 6) is 0.914. The predicted molar refractivity (Wildman–Crippen MR) is 59.4 cm³/mol. The minimum absolute atomic E-state index is 0.0705. The van der Waals surface area contributed by atoms with Crippen molar-refractivity contribution in [3.8, 4) is 0 Å². The van der Waals surface area contributed by atoms with Crippen molar-refractivity contribution in [1.29, 1.82) is 0 Å². The number of amides is 1. The van der Waals surface area contributed by atoms with Crippen molar-refractivity contribution in [2.45, 2.75) is 25.8 Å². The van der Waals surface area contributed by atoms with Gasteiger partial charge in [0.2, 0.25) is 5.91 Å². The molecular weight excluding hydrogens is 190 g/mol. The molecule has 2 aliphatic rings. The quantitative estimate of drug-likeness (QED) is 0.708. The van der Waals surface area contributed by atoms with Crippen LogP contribution in [0, 0.1) is 5.92 Å². The number of carbonyl (C=O) groups excluding carboxylic acids is 1. The van der Waals surface area contributed by atoms with Crippen molar-refractivity contribution in [3.63, 3.8) is 0 Å². The summed E-state index contributed by atoms with van der Waals surface area (Å²) in [6.45, 7) is 7.35. The second kappa shape index (κ2) is 4.49. The summed E-state index contributed by atoms with van der Waals surface area (Å²) in [6.07, 6.45) is 1.77. The molecule has 0 aromatic carbocycles. The number of rotatable bonds is 3. The molecule has 0 bridgehead atoms. The van der Waals surface area contributed by atoms with E-state index in [4.69, 9.17) is 5.73 Å². The Morgan fingerprint density at radius 2 is 2.27 bits per heavy atom. The number of carbonyl (C=O) groups is 1. The second-order valence-electron chi connectivity index (χ2n) is 4.81. The molecule has 2 fully saturated rings. The summed E-state index contributed by atoms with van der Waals surface area (Å²) in [4.78, 5) is 16.0. The number of nitrogens with zero attached hydrogens (tertiary/aromatic N) is 2. The first-order chi connectivity index (χ1) is 7.19. The van der Waals surface area contributed by atoms with Crippen molar-refractivity contribution in [1.82, 2.24) is 9.80 Å². The highest BCUT2D eigenvalue weighted by atomic mass is 16.2. The van der Waals surface area contributed by atoms with E-state index in [-0.39, 0.29) is 11.9 Å². The monoisotopic (exact) mass is 211 g/mol. The van der Waals surface area contributed by atoms with Crippen LogP contribution in [0.2, 0.25) is 0 Å².